The molecule has 0 aliphatic carbocycles. The van der Waals surface area contributed by atoms with E-state index in [-0.39, 0.29) is 4.90 Å². The summed E-state index contributed by atoms with van der Waals surface area (Å²) >= 11 is 0. The summed E-state index contributed by atoms with van der Waals surface area (Å²) in [7, 11) is -5.15. The standard InChI is InChI=1S/C21H22N4O4S2/c1-25(31(3,28)29)20-7-5-4-6-16(20)8-9-18-14-15-22-21(24-18)23-17-10-12-19(13-11-17)30(2,26)27/h4-15H,1-3H3,(H,22,23,24)/b9-8+. The van der Waals surface area contributed by atoms with Gasteiger partial charge in [-0.3, -0.25) is 4.31 Å². The zero-order valence-corrected chi connectivity index (χ0v) is 18.9. The molecule has 162 valence electrons. The van der Waals surface area contributed by atoms with E-state index in [1.807, 2.05) is 12.1 Å². The Hall–Kier alpha value is -3.24. The molecule has 1 aromatic heterocycles. The molecule has 0 aliphatic heterocycles. The first-order valence-electron chi connectivity index (χ1n) is 9.15. The van der Waals surface area contributed by atoms with Crippen molar-refractivity contribution in [3.05, 3.63) is 72.1 Å². The summed E-state index contributed by atoms with van der Waals surface area (Å²) in [4.78, 5) is 8.83. The Labute approximate surface area is 182 Å². The maximum absolute atomic E-state index is 11.9. The Kier molecular flexibility index (Phi) is 6.42. The van der Waals surface area contributed by atoms with E-state index in [0.717, 1.165) is 18.1 Å². The van der Waals surface area contributed by atoms with E-state index in [0.29, 0.717) is 23.0 Å². The molecule has 31 heavy (non-hydrogen) atoms. The van der Waals surface area contributed by atoms with Gasteiger partial charge in [-0.1, -0.05) is 24.3 Å². The van der Waals surface area contributed by atoms with Crippen LogP contribution in [0.15, 0.2) is 65.7 Å². The van der Waals surface area contributed by atoms with Gasteiger partial charge in [0, 0.05) is 25.2 Å². The summed E-state index contributed by atoms with van der Waals surface area (Å²) in [5.41, 5.74) is 2.54. The molecule has 0 atom stereocenters. The molecular formula is C21H22N4O4S2. The number of nitrogens with zero attached hydrogens (tertiary/aromatic N) is 3. The summed E-state index contributed by atoms with van der Waals surface area (Å²) in [6.07, 6.45) is 7.44. The summed E-state index contributed by atoms with van der Waals surface area (Å²) in [5.74, 6) is 0.343. The molecule has 8 nitrogen and oxygen atoms in total. The van der Waals surface area contributed by atoms with Crippen LogP contribution in [-0.4, -0.2) is 46.4 Å². The predicted molar refractivity (Wildman–Crippen MR) is 123 cm³/mol. The molecule has 1 heterocycles. The van der Waals surface area contributed by atoms with Crippen LogP contribution in [0, 0.1) is 0 Å². The van der Waals surface area contributed by atoms with E-state index >= 15 is 0 Å². The lowest BCUT2D eigenvalue weighted by Crippen LogP contribution is -2.25. The van der Waals surface area contributed by atoms with Gasteiger partial charge in [0.25, 0.3) is 0 Å². The van der Waals surface area contributed by atoms with Crippen LogP contribution in [0.5, 0.6) is 0 Å². The van der Waals surface area contributed by atoms with Crippen LogP contribution in [0.25, 0.3) is 12.2 Å². The van der Waals surface area contributed by atoms with Crippen LogP contribution in [0.1, 0.15) is 11.3 Å². The molecule has 10 heteroatoms. The first-order valence-corrected chi connectivity index (χ1v) is 12.9. The number of para-hydroxylation sites is 1. The zero-order valence-electron chi connectivity index (χ0n) is 17.2. The molecule has 0 amide bonds. The maximum atomic E-state index is 11.9. The first-order chi connectivity index (χ1) is 14.5. The molecule has 0 fully saturated rings. The molecule has 3 rings (SSSR count). The van der Waals surface area contributed by atoms with Crippen molar-refractivity contribution in [1.29, 1.82) is 0 Å². The van der Waals surface area contributed by atoms with Crippen molar-refractivity contribution >= 4 is 49.3 Å². The monoisotopic (exact) mass is 458 g/mol. The van der Waals surface area contributed by atoms with E-state index in [1.165, 1.54) is 23.5 Å². The number of sulfonamides is 1. The minimum Gasteiger partial charge on any atom is -0.324 e. The van der Waals surface area contributed by atoms with Gasteiger partial charge in [0.15, 0.2) is 9.84 Å². The van der Waals surface area contributed by atoms with Crippen LogP contribution in [-0.2, 0) is 19.9 Å². The Morgan fingerprint density at radius 3 is 2.23 bits per heavy atom. The fourth-order valence-corrected chi connectivity index (χ4v) is 3.86. The summed E-state index contributed by atoms with van der Waals surface area (Å²) < 4.78 is 48.1. The van der Waals surface area contributed by atoms with Gasteiger partial charge >= 0.3 is 0 Å². The van der Waals surface area contributed by atoms with Crippen molar-refractivity contribution in [1.82, 2.24) is 9.97 Å². The van der Waals surface area contributed by atoms with Crippen LogP contribution in [0.4, 0.5) is 17.3 Å². The average molecular weight is 459 g/mol. The molecule has 3 aromatic rings. The Morgan fingerprint density at radius 2 is 1.58 bits per heavy atom. The highest BCUT2D eigenvalue weighted by Gasteiger charge is 2.14. The molecule has 2 aromatic carbocycles. The summed E-state index contributed by atoms with van der Waals surface area (Å²) in [6, 6.07) is 15.2. The fourth-order valence-electron chi connectivity index (χ4n) is 2.71. The van der Waals surface area contributed by atoms with E-state index in [4.69, 9.17) is 0 Å². The topological polar surface area (TPSA) is 109 Å². The largest absolute Gasteiger partial charge is 0.324 e. The number of nitrogens with one attached hydrogen (secondary N) is 1. The van der Waals surface area contributed by atoms with Crippen molar-refractivity contribution in [2.45, 2.75) is 4.90 Å². The van der Waals surface area contributed by atoms with Crippen molar-refractivity contribution in [3.63, 3.8) is 0 Å². The molecule has 0 spiro atoms. The molecule has 0 radical (unpaired) electrons. The smallest absolute Gasteiger partial charge is 0.232 e. The Morgan fingerprint density at radius 1 is 0.903 bits per heavy atom. The Balaban J connectivity index is 1.81. The van der Waals surface area contributed by atoms with Crippen molar-refractivity contribution < 1.29 is 16.8 Å². The summed E-state index contributed by atoms with van der Waals surface area (Å²) in [6.45, 7) is 0. The molecule has 0 unspecified atom stereocenters. The lowest BCUT2D eigenvalue weighted by atomic mass is 10.1. The van der Waals surface area contributed by atoms with Crippen LogP contribution < -0.4 is 9.62 Å². The van der Waals surface area contributed by atoms with Gasteiger partial charge in [-0.15, -0.1) is 0 Å². The minimum atomic E-state index is -3.39. The van der Waals surface area contributed by atoms with Gasteiger partial charge < -0.3 is 5.32 Å². The van der Waals surface area contributed by atoms with Crippen molar-refractivity contribution in [2.75, 3.05) is 29.2 Å². The number of hydrogen-bond donors (Lipinski definition) is 1. The van der Waals surface area contributed by atoms with Crippen LogP contribution in [0.3, 0.4) is 0 Å². The lowest BCUT2D eigenvalue weighted by molar-refractivity contribution is 0.599. The van der Waals surface area contributed by atoms with Gasteiger partial charge in [-0.05, 0) is 48.0 Å². The van der Waals surface area contributed by atoms with E-state index in [2.05, 4.69) is 15.3 Å². The first kappa shape index (κ1) is 22.4. The number of sulfone groups is 1. The fraction of sp³-hybridized carbons (Fsp3) is 0.143. The van der Waals surface area contributed by atoms with Gasteiger partial charge in [0.1, 0.15) is 0 Å². The predicted octanol–water partition coefficient (Wildman–Crippen LogP) is 3.19. The molecular weight excluding hydrogens is 436 g/mol. The second-order valence-corrected chi connectivity index (χ2v) is 10.9. The third-order valence-corrected chi connectivity index (χ3v) is 6.74. The molecule has 0 saturated heterocycles. The lowest BCUT2D eigenvalue weighted by Gasteiger charge is -2.18. The number of anilines is 3. The van der Waals surface area contributed by atoms with Crippen molar-refractivity contribution in [3.8, 4) is 0 Å². The normalized spacial score (nSPS) is 12.1. The van der Waals surface area contributed by atoms with Gasteiger partial charge in [-0.2, -0.15) is 0 Å². The average Bonchev–Trinajstić information content (AvgIpc) is 2.71. The number of benzene rings is 2. The number of rotatable bonds is 7. The third-order valence-electron chi connectivity index (χ3n) is 4.42. The van der Waals surface area contributed by atoms with Gasteiger partial charge in [-0.25, -0.2) is 26.8 Å². The second kappa shape index (κ2) is 8.86. The van der Waals surface area contributed by atoms with E-state index in [1.54, 1.807) is 48.7 Å². The SMILES string of the molecule is CN(c1ccccc1/C=C/c1ccnc(Nc2ccc(S(C)(=O)=O)cc2)n1)S(C)(=O)=O. The quantitative estimate of drug-likeness (QED) is 0.579. The molecule has 0 aliphatic rings. The minimum absolute atomic E-state index is 0.230. The maximum Gasteiger partial charge on any atom is 0.232 e. The summed E-state index contributed by atoms with van der Waals surface area (Å²) in [5, 5.41) is 3.03. The Bertz CT molecular complexity index is 1320. The third kappa shape index (κ3) is 5.89. The highest BCUT2D eigenvalue weighted by molar-refractivity contribution is 7.92. The van der Waals surface area contributed by atoms with Gasteiger partial charge in [0.05, 0.1) is 22.5 Å². The highest BCUT2D eigenvalue weighted by Crippen LogP contribution is 2.23. The van der Waals surface area contributed by atoms with E-state index < -0.39 is 19.9 Å². The van der Waals surface area contributed by atoms with Crippen LogP contribution >= 0.6 is 0 Å². The molecule has 1 N–H and O–H groups in total. The zero-order chi connectivity index (χ0) is 22.6. The second-order valence-electron chi connectivity index (χ2n) is 6.85. The van der Waals surface area contributed by atoms with Crippen LogP contribution in [0.2, 0.25) is 0 Å². The number of aromatic nitrogens is 2. The molecule has 0 bridgehead atoms. The van der Waals surface area contributed by atoms with Gasteiger partial charge in [0.2, 0.25) is 16.0 Å². The number of hydrogen-bond acceptors (Lipinski definition) is 7. The van der Waals surface area contributed by atoms with E-state index in [9.17, 15) is 16.8 Å². The molecule has 0 saturated carbocycles. The van der Waals surface area contributed by atoms with Crippen molar-refractivity contribution in [2.24, 2.45) is 0 Å². The highest BCUT2D eigenvalue weighted by atomic mass is 32.2.